The van der Waals surface area contributed by atoms with Crippen molar-refractivity contribution >= 4 is 5.91 Å². The number of amides is 1. The van der Waals surface area contributed by atoms with Crippen LogP contribution < -0.4 is 0 Å². The molecule has 1 aromatic rings. The van der Waals surface area contributed by atoms with E-state index in [1.165, 1.54) is 5.56 Å². The van der Waals surface area contributed by atoms with Crippen LogP contribution in [-0.2, 0) is 4.79 Å². The maximum absolute atomic E-state index is 12.6. The minimum Gasteiger partial charge on any atom is -0.342 e. The lowest BCUT2D eigenvalue weighted by Gasteiger charge is -2.22. The molecule has 1 aliphatic rings. The molecule has 2 unspecified atom stereocenters. The zero-order valence-corrected chi connectivity index (χ0v) is 12.8. The third-order valence-electron chi connectivity index (χ3n) is 4.21. The van der Waals surface area contributed by atoms with Gasteiger partial charge >= 0.3 is 0 Å². The Labute approximate surface area is 123 Å². The molecule has 2 rings (SSSR count). The van der Waals surface area contributed by atoms with Gasteiger partial charge in [-0.25, -0.2) is 0 Å². The summed E-state index contributed by atoms with van der Waals surface area (Å²) in [5.41, 5.74) is 1.33. The summed E-state index contributed by atoms with van der Waals surface area (Å²) < 4.78 is 0. The second-order valence-electron chi connectivity index (χ2n) is 5.89. The minimum absolute atomic E-state index is 0.242. The Bertz CT molecular complexity index is 407. The molecule has 0 bridgehead atoms. The molecule has 2 heteroatoms. The summed E-state index contributed by atoms with van der Waals surface area (Å²) in [6.45, 7) is 6.25. The number of carbonyl (C=O) groups is 1. The summed E-state index contributed by atoms with van der Waals surface area (Å²) >= 11 is 0. The van der Waals surface area contributed by atoms with E-state index in [1.54, 1.807) is 0 Å². The van der Waals surface area contributed by atoms with Gasteiger partial charge in [-0.15, -0.1) is 0 Å². The van der Waals surface area contributed by atoms with Gasteiger partial charge in [0.05, 0.1) is 0 Å². The molecular weight excluding hydrogens is 246 g/mol. The molecule has 0 radical (unpaired) electrons. The maximum atomic E-state index is 12.6. The summed E-state index contributed by atoms with van der Waals surface area (Å²) in [6.07, 6.45) is 5.60. The SMILES string of the molecule is CCCCN(CCCC)C(=O)C1CC1c1ccccc1. The molecule has 1 aliphatic carbocycles. The van der Waals surface area contributed by atoms with E-state index in [0.717, 1.165) is 45.2 Å². The third-order valence-corrected chi connectivity index (χ3v) is 4.21. The first kappa shape index (κ1) is 15.1. The van der Waals surface area contributed by atoms with Gasteiger partial charge in [-0.05, 0) is 30.7 Å². The molecule has 110 valence electrons. The van der Waals surface area contributed by atoms with Crippen LogP contribution in [0.4, 0.5) is 0 Å². The first-order valence-electron chi connectivity index (χ1n) is 8.11. The summed E-state index contributed by atoms with van der Waals surface area (Å²) in [6, 6.07) is 10.5. The Morgan fingerprint density at radius 2 is 1.70 bits per heavy atom. The Hall–Kier alpha value is -1.31. The van der Waals surface area contributed by atoms with Crippen molar-refractivity contribution in [3.63, 3.8) is 0 Å². The molecule has 1 amide bonds. The van der Waals surface area contributed by atoms with Crippen molar-refractivity contribution in [2.45, 2.75) is 51.9 Å². The normalized spacial score (nSPS) is 20.7. The quantitative estimate of drug-likeness (QED) is 0.694. The summed E-state index contributed by atoms with van der Waals surface area (Å²) in [5.74, 6) is 1.10. The van der Waals surface area contributed by atoms with Gasteiger partial charge in [0.15, 0.2) is 0 Å². The fraction of sp³-hybridized carbons (Fsp3) is 0.611. The number of hydrogen-bond donors (Lipinski definition) is 0. The average molecular weight is 273 g/mol. The van der Waals surface area contributed by atoms with Crippen molar-refractivity contribution in [3.05, 3.63) is 35.9 Å². The minimum atomic E-state index is 0.242. The molecule has 0 heterocycles. The van der Waals surface area contributed by atoms with E-state index in [1.807, 2.05) is 6.07 Å². The number of nitrogens with zero attached hydrogens (tertiary/aromatic N) is 1. The second kappa shape index (κ2) is 7.47. The van der Waals surface area contributed by atoms with Crippen LogP contribution in [0.25, 0.3) is 0 Å². The number of rotatable bonds is 8. The standard InChI is InChI=1S/C18H27NO/c1-3-5-12-19(13-6-4-2)18(20)17-14-16(17)15-10-8-7-9-11-15/h7-11,16-17H,3-6,12-14H2,1-2H3. The maximum Gasteiger partial charge on any atom is 0.226 e. The predicted molar refractivity (Wildman–Crippen MR) is 83.7 cm³/mol. The van der Waals surface area contributed by atoms with Crippen LogP contribution in [0.1, 0.15) is 57.4 Å². The topological polar surface area (TPSA) is 20.3 Å². The van der Waals surface area contributed by atoms with Gasteiger partial charge in [-0.1, -0.05) is 57.0 Å². The molecule has 0 aromatic heterocycles. The van der Waals surface area contributed by atoms with E-state index >= 15 is 0 Å². The van der Waals surface area contributed by atoms with E-state index in [-0.39, 0.29) is 5.92 Å². The van der Waals surface area contributed by atoms with Crippen LogP contribution in [0.3, 0.4) is 0 Å². The first-order valence-corrected chi connectivity index (χ1v) is 8.11. The van der Waals surface area contributed by atoms with Gasteiger partial charge in [0, 0.05) is 19.0 Å². The summed E-state index contributed by atoms with van der Waals surface area (Å²) in [5, 5.41) is 0. The summed E-state index contributed by atoms with van der Waals surface area (Å²) in [7, 11) is 0. The zero-order chi connectivity index (χ0) is 14.4. The van der Waals surface area contributed by atoms with Crippen LogP contribution in [-0.4, -0.2) is 23.9 Å². The highest BCUT2D eigenvalue weighted by Crippen LogP contribution is 2.48. The van der Waals surface area contributed by atoms with Gasteiger partial charge in [0.2, 0.25) is 5.91 Å². The zero-order valence-electron chi connectivity index (χ0n) is 12.8. The van der Waals surface area contributed by atoms with Gasteiger partial charge in [0.1, 0.15) is 0 Å². The second-order valence-corrected chi connectivity index (χ2v) is 5.89. The van der Waals surface area contributed by atoms with Crippen LogP contribution in [0.2, 0.25) is 0 Å². The lowest BCUT2D eigenvalue weighted by atomic mass is 10.1. The van der Waals surface area contributed by atoms with Crippen LogP contribution in [0.15, 0.2) is 30.3 Å². The fourth-order valence-electron chi connectivity index (χ4n) is 2.80. The van der Waals surface area contributed by atoms with Crippen molar-refractivity contribution in [1.29, 1.82) is 0 Å². The molecule has 2 nitrogen and oxygen atoms in total. The largest absolute Gasteiger partial charge is 0.342 e. The molecule has 1 aromatic carbocycles. The highest BCUT2D eigenvalue weighted by Gasteiger charge is 2.45. The molecule has 20 heavy (non-hydrogen) atoms. The molecular formula is C18H27NO. The Balaban J connectivity index is 1.91. The Morgan fingerprint density at radius 3 is 2.25 bits per heavy atom. The Morgan fingerprint density at radius 1 is 1.10 bits per heavy atom. The van der Waals surface area contributed by atoms with Gasteiger partial charge in [-0.3, -0.25) is 4.79 Å². The van der Waals surface area contributed by atoms with Crippen molar-refractivity contribution in [2.75, 3.05) is 13.1 Å². The lowest BCUT2D eigenvalue weighted by molar-refractivity contribution is -0.132. The molecule has 0 aliphatic heterocycles. The van der Waals surface area contributed by atoms with E-state index in [4.69, 9.17) is 0 Å². The molecule has 2 atom stereocenters. The van der Waals surface area contributed by atoms with Gasteiger partial charge in [0.25, 0.3) is 0 Å². The molecule has 1 fully saturated rings. The van der Waals surface area contributed by atoms with Crippen LogP contribution >= 0.6 is 0 Å². The third kappa shape index (κ3) is 3.84. The number of carbonyl (C=O) groups excluding carboxylic acids is 1. The highest BCUT2D eigenvalue weighted by atomic mass is 16.2. The van der Waals surface area contributed by atoms with E-state index in [9.17, 15) is 4.79 Å². The monoisotopic (exact) mass is 273 g/mol. The number of hydrogen-bond acceptors (Lipinski definition) is 1. The highest BCUT2D eigenvalue weighted by molar-refractivity contribution is 5.83. The average Bonchev–Trinajstić information content (AvgIpc) is 3.28. The fourth-order valence-corrected chi connectivity index (χ4v) is 2.80. The first-order chi connectivity index (χ1) is 9.77. The predicted octanol–water partition coefficient (Wildman–Crippen LogP) is 4.22. The number of unbranched alkanes of at least 4 members (excludes halogenated alkanes) is 2. The van der Waals surface area contributed by atoms with Crippen molar-refractivity contribution < 1.29 is 4.79 Å². The lowest BCUT2D eigenvalue weighted by Crippen LogP contribution is -2.34. The van der Waals surface area contributed by atoms with Crippen molar-refractivity contribution in [2.24, 2.45) is 5.92 Å². The van der Waals surface area contributed by atoms with E-state index in [2.05, 4.69) is 43.0 Å². The molecule has 0 saturated heterocycles. The molecule has 1 saturated carbocycles. The van der Waals surface area contributed by atoms with E-state index in [0.29, 0.717) is 11.8 Å². The Kier molecular flexibility index (Phi) is 5.63. The van der Waals surface area contributed by atoms with Gasteiger partial charge < -0.3 is 4.90 Å². The number of benzene rings is 1. The molecule has 0 spiro atoms. The smallest absolute Gasteiger partial charge is 0.226 e. The van der Waals surface area contributed by atoms with Crippen molar-refractivity contribution in [3.8, 4) is 0 Å². The van der Waals surface area contributed by atoms with Gasteiger partial charge in [-0.2, -0.15) is 0 Å². The molecule has 0 N–H and O–H groups in total. The van der Waals surface area contributed by atoms with E-state index < -0.39 is 0 Å². The van der Waals surface area contributed by atoms with Crippen LogP contribution in [0, 0.1) is 5.92 Å². The van der Waals surface area contributed by atoms with Crippen LogP contribution in [0.5, 0.6) is 0 Å². The summed E-state index contributed by atoms with van der Waals surface area (Å²) in [4.78, 5) is 14.7. The van der Waals surface area contributed by atoms with Crippen molar-refractivity contribution in [1.82, 2.24) is 4.90 Å².